The van der Waals surface area contributed by atoms with E-state index in [-0.39, 0.29) is 28.4 Å². The Morgan fingerprint density at radius 2 is 1.50 bits per heavy atom. The fourth-order valence-electron chi connectivity index (χ4n) is 3.73. The number of methoxy groups -OCH3 is 1. The molecule has 2 N–H and O–H groups in total. The number of fused-ring (bicyclic) bond motifs is 2. The van der Waals surface area contributed by atoms with Crippen molar-refractivity contribution in [3.8, 4) is 5.75 Å². The van der Waals surface area contributed by atoms with Gasteiger partial charge in [-0.1, -0.05) is 30.3 Å². The lowest BCUT2D eigenvalue weighted by molar-refractivity contribution is -0.152. The number of hydrogen-bond donors (Lipinski definition) is 2. The third-order valence-electron chi connectivity index (χ3n) is 5.60. The number of carbonyl (C=O) groups excluding carboxylic acids is 5. The van der Waals surface area contributed by atoms with E-state index in [1.54, 1.807) is 42.5 Å². The second-order valence-electron chi connectivity index (χ2n) is 8.00. The average molecular weight is 486 g/mol. The van der Waals surface area contributed by atoms with Crippen LogP contribution in [0.4, 0.5) is 5.69 Å². The van der Waals surface area contributed by atoms with Gasteiger partial charge in [0.25, 0.3) is 11.8 Å². The van der Waals surface area contributed by atoms with Crippen molar-refractivity contribution in [3.63, 3.8) is 0 Å². The summed E-state index contributed by atoms with van der Waals surface area (Å²) in [6.45, 7) is 0.934. The van der Waals surface area contributed by atoms with Gasteiger partial charge in [0.15, 0.2) is 17.7 Å². The zero-order valence-electron chi connectivity index (χ0n) is 19.5. The van der Waals surface area contributed by atoms with E-state index in [2.05, 4.69) is 10.6 Å². The summed E-state index contributed by atoms with van der Waals surface area (Å²) in [5.41, 5.74) is 1.65. The summed E-state index contributed by atoms with van der Waals surface area (Å²) in [5, 5.41) is 5.00. The lowest BCUT2D eigenvalue weighted by Gasteiger charge is -2.19. The van der Waals surface area contributed by atoms with Crippen LogP contribution in [-0.2, 0) is 14.3 Å². The van der Waals surface area contributed by atoms with Gasteiger partial charge in [-0.05, 0) is 43.3 Å². The molecule has 182 valence electrons. The molecule has 0 radical (unpaired) electrons. The van der Waals surface area contributed by atoms with Crippen molar-refractivity contribution in [3.05, 3.63) is 94.5 Å². The highest BCUT2D eigenvalue weighted by Crippen LogP contribution is 2.29. The van der Waals surface area contributed by atoms with Crippen LogP contribution >= 0.6 is 0 Å². The molecule has 36 heavy (non-hydrogen) atoms. The first-order chi connectivity index (χ1) is 17.3. The molecule has 4 rings (SSSR count). The molecule has 0 aliphatic heterocycles. The predicted molar refractivity (Wildman–Crippen MR) is 129 cm³/mol. The van der Waals surface area contributed by atoms with Crippen LogP contribution in [0.1, 0.15) is 49.1 Å². The third kappa shape index (κ3) is 5.00. The Hall–Kier alpha value is -4.79. The Bertz CT molecular complexity index is 1400. The smallest absolute Gasteiger partial charge is 0.326 e. The number of carbonyl (C=O) groups is 5. The summed E-state index contributed by atoms with van der Waals surface area (Å²) in [6, 6.07) is 17.4. The molecule has 0 bridgehead atoms. The molecule has 0 spiro atoms. The van der Waals surface area contributed by atoms with Crippen LogP contribution in [0, 0.1) is 0 Å². The molecule has 3 aromatic carbocycles. The second-order valence-corrected chi connectivity index (χ2v) is 8.00. The van der Waals surface area contributed by atoms with Gasteiger partial charge in [-0.2, -0.15) is 0 Å². The number of ether oxygens (including phenoxy) is 2. The van der Waals surface area contributed by atoms with Crippen LogP contribution in [0.5, 0.6) is 5.75 Å². The van der Waals surface area contributed by atoms with Gasteiger partial charge in [0.2, 0.25) is 0 Å². The first-order valence-electron chi connectivity index (χ1n) is 11.0. The van der Waals surface area contributed by atoms with E-state index < -0.39 is 30.4 Å². The molecule has 9 heteroatoms. The van der Waals surface area contributed by atoms with Crippen LogP contribution in [0.3, 0.4) is 0 Å². The van der Waals surface area contributed by atoms with Crippen molar-refractivity contribution < 1.29 is 33.4 Å². The highest BCUT2D eigenvalue weighted by Gasteiger charge is 2.29. The fourth-order valence-corrected chi connectivity index (χ4v) is 3.73. The van der Waals surface area contributed by atoms with Crippen LogP contribution < -0.4 is 15.4 Å². The molecule has 1 aliphatic rings. The van der Waals surface area contributed by atoms with Gasteiger partial charge < -0.3 is 20.1 Å². The lowest BCUT2D eigenvalue weighted by atomic mass is 9.84. The first-order valence-corrected chi connectivity index (χ1v) is 11.0. The zero-order chi connectivity index (χ0) is 25.8. The highest BCUT2D eigenvalue weighted by molar-refractivity contribution is 6.28. The van der Waals surface area contributed by atoms with E-state index in [0.717, 1.165) is 0 Å². The number of benzene rings is 3. The summed E-state index contributed by atoms with van der Waals surface area (Å²) in [5.74, 6) is -2.04. The molecule has 1 unspecified atom stereocenters. The van der Waals surface area contributed by atoms with E-state index in [1.165, 1.54) is 38.3 Å². The van der Waals surface area contributed by atoms with Gasteiger partial charge in [0.05, 0.1) is 7.11 Å². The fraction of sp³-hybridized carbons (Fsp3) is 0.148. The Kier molecular flexibility index (Phi) is 6.91. The molecular weight excluding hydrogens is 464 g/mol. The standard InChI is InChI=1S/C27H22N2O7/c1-15(36-23(30)14-28-27(34)16-6-5-7-18(12-16)35-2)26(33)29-17-10-11-21-22(13-17)25(32)20-9-4-3-8-19(20)24(21)31/h3-13,15H,14H2,1-2H3,(H,28,34)(H,29,33). The Morgan fingerprint density at radius 3 is 2.19 bits per heavy atom. The van der Waals surface area contributed by atoms with Crippen molar-refractivity contribution >= 4 is 35.0 Å². The quantitative estimate of drug-likeness (QED) is 0.385. The van der Waals surface area contributed by atoms with Crippen LogP contribution in [0.25, 0.3) is 0 Å². The molecule has 0 heterocycles. The molecular formula is C27H22N2O7. The molecule has 2 amide bonds. The maximum Gasteiger partial charge on any atom is 0.326 e. The van der Waals surface area contributed by atoms with Gasteiger partial charge in [0, 0.05) is 33.5 Å². The number of rotatable bonds is 7. The van der Waals surface area contributed by atoms with E-state index in [4.69, 9.17) is 9.47 Å². The Morgan fingerprint density at radius 1 is 0.833 bits per heavy atom. The minimum atomic E-state index is -1.18. The molecule has 3 aromatic rings. The number of anilines is 1. The van der Waals surface area contributed by atoms with Crippen molar-refractivity contribution in [1.82, 2.24) is 5.32 Å². The molecule has 1 atom stereocenters. The summed E-state index contributed by atoms with van der Waals surface area (Å²) in [4.78, 5) is 62.5. The Labute approximate surface area is 206 Å². The number of ketones is 2. The summed E-state index contributed by atoms with van der Waals surface area (Å²) in [7, 11) is 1.47. The highest BCUT2D eigenvalue weighted by atomic mass is 16.5. The third-order valence-corrected chi connectivity index (χ3v) is 5.60. The first kappa shape index (κ1) is 24.3. The normalized spacial score (nSPS) is 12.6. The largest absolute Gasteiger partial charge is 0.497 e. The van der Waals surface area contributed by atoms with Crippen LogP contribution in [0.15, 0.2) is 66.7 Å². The summed E-state index contributed by atoms with van der Waals surface area (Å²) >= 11 is 0. The number of nitrogens with one attached hydrogen (secondary N) is 2. The van der Waals surface area contributed by atoms with Crippen LogP contribution in [-0.4, -0.2) is 49.1 Å². The second kappa shape index (κ2) is 10.2. The number of amides is 2. The van der Waals surface area contributed by atoms with Gasteiger partial charge in [0.1, 0.15) is 12.3 Å². The van der Waals surface area contributed by atoms with Gasteiger partial charge in [-0.15, -0.1) is 0 Å². The SMILES string of the molecule is COc1cccc(C(=O)NCC(=O)OC(C)C(=O)Nc2ccc3c(c2)C(=O)c2ccccc2C3=O)c1. The molecule has 0 saturated carbocycles. The molecule has 0 fully saturated rings. The zero-order valence-corrected chi connectivity index (χ0v) is 19.5. The van der Waals surface area contributed by atoms with Crippen molar-refractivity contribution in [2.45, 2.75) is 13.0 Å². The number of hydrogen-bond acceptors (Lipinski definition) is 7. The van der Waals surface area contributed by atoms with Gasteiger partial charge >= 0.3 is 5.97 Å². The van der Waals surface area contributed by atoms with Crippen LogP contribution in [0.2, 0.25) is 0 Å². The maximum atomic E-state index is 12.9. The Balaban J connectivity index is 1.35. The minimum Gasteiger partial charge on any atom is -0.497 e. The summed E-state index contributed by atoms with van der Waals surface area (Å²) < 4.78 is 10.2. The monoisotopic (exact) mass is 486 g/mol. The number of esters is 1. The predicted octanol–water partition coefficient (Wildman–Crippen LogP) is 2.77. The van der Waals surface area contributed by atoms with Crippen molar-refractivity contribution in [2.75, 3.05) is 19.0 Å². The molecule has 1 aliphatic carbocycles. The summed E-state index contributed by atoms with van der Waals surface area (Å²) in [6.07, 6.45) is -1.18. The molecule has 0 saturated heterocycles. The van der Waals surface area contributed by atoms with E-state index in [9.17, 15) is 24.0 Å². The molecule has 0 aromatic heterocycles. The van der Waals surface area contributed by atoms with E-state index in [1.807, 2.05) is 0 Å². The molecule has 9 nitrogen and oxygen atoms in total. The topological polar surface area (TPSA) is 128 Å². The van der Waals surface area contributed by atoms with Gasteiger partial charge in [-0.25, -0.2) is 0 Å². The van der Waals surface area contributed by atoms with E-state index in [0.29, 0.717) is 22.4 Å². The van der Waals surface area contributed by atoms with Crippen molar-refractivity contribution in [2.24, 2.45) is 0 Å². The average Bonchev–Trinajstić information content (AvgIpc) is 2.90. The maximum absolute atomic E-state index is 12.9. The van der Waals surface area contributed by atoms with E-state index >= 15 is 0 Å². The van der Waals surface area contributed by atoms with Crippen molar-refractivity contribution in [1.29, 1.82) is 0 Å². The lowest BCUT2D eigenvalue weighted by Crippen LogP contribution is -2.35. The van der Waals surface area contributed by atoms with Gasteiger partial charge in [-0.3, -0.25) is 24.0 Å². The minimum absolute atomic E-state index is 0.182.